The van der Waals surface area contributed by atoms with Crippen LogP contribution in [0.15, 0.2) is 69.9 Å². The van der Waals surface area contributed by atoms with Crippen molar-refractivity contribution in [3.05, 3.63) is 82.5 Å². The lowest BCUT2D eigenvalue weighted by Crippen LogP contribution is -2.48. The topological polar surface area (TPSA) is 78.7 Å². The summed E-state index contributed by atoms with van der Waals surface area (Å²) >= 11 is 1.50. The van der Waals surface area contributed by atoms with Gasteiger partial charge >= 0.3 is 5.63 Å². The van der Waals surface area contributed by atoms with Gasteiger partial charge in [-0.25, -0.2) is 14.2 Å². The van der Waals surface area contributed by atoms with Gasteiger partial charge in [0.1, 0.15) is 22.5 Å². The molecule has 0 radical (unpaired) electrons. The molecule has 1 aliphatic rings. The number of amides is 1. The number of nitrogens with one attached hydrogen (secondary N) is 1. The molecule has 1 aliphatic heterocycles. The number of aromatic nitrogens is 1. The second-order valence-electron chi connectivity index (χ2n) is 8.81. The van der Waals surface area contributed by atoms with Crippen LogP contribution < -0.4 is 15.8 Å². The number of benzene rings is 3. The molecule has 0 spiro atoms. The molecule has 0 aliphatic carbocycles. The van der Waals surface area contributed by atoms with Gasteiger partial charge < -0.3 is 14.6 Å². The van der Waals surface area contributed by atoms with E-state index in [4.69, 9.17) is 4.42 Å². The van der Waals surface area contributed by atoms with Gasteiger partial charge in [0.2, 0.25) is 0 Å². The number of nitrogens with zero attached hydrogens (tertiary/aromatic N) is 3. The number of anilines is 1. The summed E-state index contributed by atoms with van der Waals surface area (Å²) in [7, 11) is 0. The molecule has 1 amide bonds. The molecular formula is C27H23FN4O3S. The normalized spacial score (nSPS) is 14.6. The second-order valence-corrected chi connectivity index (χ2v) is 9.82. The van der Waals surface area contributed by atoms with Crippen LogP contribution in [0.1, 0.15) is 10.4 Å². The third kappa shape index (κ3) is 4.20. The highest BCUT2D eigenvalue weighted by Crippen LogP contribution is 2.30. The average Bonchev–Trinajstić information content (AvgIpc) is 3.34. The van der Waals surface area contributed by atoms with E-state index < -0.39 is 11.5 Å². The zero-order valence-corrected chi connectivity index (χ0v) is 20.2. The Morgan fingerprint density at radius 3 is 2.69 bits per heavy atom. The molecule has 0 bridgehead atoms. The van der Waals surface area contributed by atoms with Gasteiger partial charge in [-0.05, 0) is 35.0 Å². The van der Waals surface area contributed by atoms with Gasteiger partial charge in [0.15, 0.2) is 5.13 Å². The molecule has 5 aromatic rings. The molecule has 6 rings (SSSR count). The van der Waals surface area contributed by atoms with Crippen molar-refractivity contribution in [2.45, 2.75) is 0 Å². The Kier molecular flexibility index (Phi) is 5.86. The lowest BCUT2D eigenvalue weighted by molar-refractivity contribution is 0.0944. The number of carbonyl (C=O) groups excluding carboxylic acids is 1. The Balaban J connectivity index is 1.07. The van der Waals surface area contributed by atoms with Crippen LogP contribution in [-0.4, -0.2) is 55.1 Å². The highest BCUT2D eigenvalue weighted by atomic mass is 32.1. The van der Waals surface area contributed by atoms with Crippen molar-refractivity contribution in [3.8, 4) is 0 Å². The standard InChI is InChI=1S/C27H23FN4O3S/c28-21-6-3-7-23-24(21)30-27(36-23)32-14-12-31(13-15-32)11-10-29-25(33)20-16-19-18-5-2-1-4-17(18)8-9-22(19)35-26(20)34/h1-9,16H,10-15H2,(H,29,33). The SMILES string of the molecule is O=C(NCCN1CCN(c2nc3c(F)cccc3s2)CC1)c1cc2c(ccc3ccccc32)oc1=O. The highest BCUT2D eigenvalue weighted by molar-refractivity contribution is 7.22. The molecule has 0 saturated carbocycles. The zero-order chi connectivity index (χ0) is 24.6. The summed E-state index contributed by atoms with van der Waals surface area (Å²) in [6, 6.07) is 18.1. The summed E-state index contributed by atoms with van der Waals surface area (Å²) < 4.78 is 20.3. The first-order valence-electron chi connectivity index (χ1n) is 11.8. The van der Waals surface area contributed by atoms with E-state index in [1.165, 1.54) is 17.4 Å². The number of thiazole rings is 1. The van der Waals surface area contributed by atoms with Gasteiger partial charge in [0.25, 0.3) is 5.91 Å². The molecule has 2 aromatic heterocycles. The molecule has 182 valence electrons. The second kappa shape index (κ2) is 9.33. The molecular weight excluding hydrogens is 479 g/mol. The van der Waals surface area contributed by atoms with E-state index in [1.54, 1.807) is 18.2 Å². The minimum atomic E-state index is -0.642. The lowest BCUT2D eigenvalue weighted by Gasteiger charge is -2.34. The van der Waals surface area contributed by atoms with Crippen molar-refractivity contribution in [3.63, 3.8) is 0 Å². The van der Waals surface area contributed by atoms with Crippen LogP contribution >= 0.6 is 11.3 Å². The minimum Gasteiger partial charge on any atom is -0.422 e. The number of hydrogen-bond donors (Lipinski definition) is 1. The number of carbonyl (C=O) groups is 1. The number of piperazine rings is 1. The van der Waals surface area contributed by atoms with Gasteiger partial charge in [-0.1, -0.05) is 47.7 Å². The predicted molar refractivity (Wildman–Crippen MR) is 141 cm³/mol. The maximum atomic E-state index is 14.0. The van der Waals surface area contributed by atoms with E-state index in [2.05, 4.69) is 20.1 Å². The molecule has 1 N–H and O–H groups in total. The van der Waals surface area contributed by atoms with Crippen LogP contribution in [0, 0.1) is 5.82 Å². The van der Waals surface area contributed by atoms with Crippen molar-refractivity contribution >= 4 is 54.3 Å². The number of halogens is 1. The van der Waals surface area contributed by atoms with Gasteiger partial charge in [-0.3, -0.25) is 9.69 Å². The summed E-state index contributed by atoms with van der Waals surface area (Å²) in [5.74, 6) is -0.730. The average molecular weight is 503 g/mol. The van der Waals surface area contributed by atoms with Crippen molar-refractivity contribution in [1.29, 1.82) is 0 Å². The lowest BCUT2D eigenvalue weighted by atomic mass is 10.0. The maximum absolute atomic E-state index is 14.0. The van der Waals surface area contributed by atoms with Crippen LogP contribution in [0.25, 0.3) is 32.0 Å². The molecule has 0 atom stereocenters. The molecule has 9 heteroatoms. The van der Waals surface area contributed by atoms with E-state index in [-0.39, 0.29) is 11.4 Å². The minimum absolute atomic E-state index is 0.00624. The number of hydrogen-bond acceptors (Lipinski definition) is 7. The molecule has 0 unspecified atom stereocenters. The Bertz CT molecular complexity index is 1660. The maximum Gasteiger partial charge on any atom is 0.349 e. The first-order valence-corrected chi connectivity index (χ1v) is 12.6. The van der Waals surface area contributed by atoms with Crippen LogP contribution in [-0.2, 0) is 0 Å². The van der Waals surface area contributed by atoms with Crippen molar-refractivity contribution in [1.82, 2.24) is 15.2 Å². The van der Waals surface area contributed by atoms with Crippen molar-refractivity contribution in [2.24, 2.45) is 0 Å². The van der Waals surface area contributed by atoms with Crippen molar-refractivity contribution in [2.75, 3.05) is 44.2 Å². The highest BCUT2D eigenvalue weighted by Gasteiger charge is 2.21. The van der Waals surface area contributed by atoms with Gasteiger partial charge in [-0.2, -0.15) is 0 Å². The molecule has 1 fully saturated rings. The fourth-order valence-corrected chi connectivity index (χ4v) is 5.69. The van der Waals surface area contributed by atoms with E-state index in [9.17, 15) is 14.0 Å². The molecule has 7 nitrogen and oxygen atoms in total. The van der Waals surface area contributed by atoms with Crippen LogP contribution in [0.2, 0.25) is 0 Å². The summed E-state index contributed by atoms with van der Waals surface area (Å²) in [6.07, 6.45) is 0. The first-order chi connectivity index (χ1) is 17.6. The van der Waals surface area contributed by atoms with Crippen LogP contribution in [0.5, 0.6) is 0 Å². The van der Waals surface area contributed by atoms with Crippen LogP contribution in [0.4, 0.5) is 9.52 Å². The van der Waals surface area contributed by atoms with E-state index in [0.717, 1.165) is 52.2 Å². The van der Waals surface area contributed by atoms with E-state index in [1.807, 2.05) is 36.4 Å². The quantitative estimate of drug-likeness (QED) is 0.286. The van der Waals surface area contributed by atoms with Gasteiger partial charge in [0.05, 0.1) is 4.70 Å². The summed E-state index contributed by atoms with van der Waals surface area (Å²) in [4.78, 5) is 34.2. The molecule has 36 heavy (non-hydrogen) atoms. The Morgan fingerprint density at radius 2 is 1.86 bits per heavy atom. The fraction of sp³-hybridized carbons (Fsp3) is 0.222. The van der Waals surface area contributed by atoms with E-state index in [0.29, 0.717) is 24.2 Å². The zero-order valence-electron chi connectivity index (χ0n) is 19.4. The van der Waals surface area contributed by atoms with Crippen LogP contribution in [0.3, 0.4) is 0 Å². The number of rotatable bonds is 5. The predicted octanol–water partition coefficient (Wildman–Crippen LogP) is 4.25. The Morgan fingerprint density at radius 1 is 1.03 bits per heavy atom. The fourth-order valence-electron chi connectivity index (χ4n) is 4.65. The van der Waals surface area contributed by atoms with Gasteiger partial charge in [0, 0.05) is 44.7 Å². The van der Waals surface area contributed by atoms with E-state index >= 15 is 0 Å². The number of fused-ring (bicyclic) bond motifs is 4. The Labute approximate surface area is 209 Å². The summed E-state index contributed by atoms with van der Waals surface area (Å²) in [5, 5.41) is 6.38. The first kappa shape index (κ1) is 22.6. The summed E-state index contributed by atoms with van der Waals surface area (Å²) in [6.45, 7) is 4.23. The molecule has 1 saturated heterocycles. The largest absolute Gasteiger partial charge is 0.422 e. The smallest absolute Gasteiger partial charge is 0.349 e. The van der Waals surface area contributed by atoms with Gasteiger partial charge in [-0.15, -0.1) is 0 Å². The third-order valence-corrected chi connectivity index (χ3v) is 7.68. The monoisotopic (exact) mass is 502 g/mol. The Hall–Kier alpha value is -3.82. The molecule has 3 heterocycles. The third-order valence-electron chi connectivity index (χ3n) is 6.60. The summed E-state index contributed by atoms with van der Waals surface area (Å²) in [5.41, 5.74) is 0.251. The number of para-hydroxylation sites is 1. The van der Waals surface area contributed by atoms with Crippen molar-refractivity contribution < 1.29 is 13.6 Å². The molecule has 3 aromatic carbocycles.